The molecular weight excluding hydrogens is 342 g/mol. The second-order valence-corrected chi connectivity index (χ2v) is 8.64. The molecule has 1 aromatic heterocycles. The lowest BCUT2D eigenvalue weighted by Crippen LogP contribution is -2.33. The molecule has 1 N–H and O–H groups in total. The number of sulfone groups is 1. The van der Waals surface area contributed by atoms with Crippen LogP contribution in [0.25, 0.3) is 0 Å². The molecule has 1 aromatic carbocycles. The average molecular weight is 365 g/mol. The zero-order chi connectivity index (χ0) is 18.0. The summed E-state index contributed by atoms with van der Waals surface area (Å²) >= 11 is 0. The minimum atomic E-state index is -3.25. The van der Waals surface area contributed by atoms with Crippen LogP contribution in [0.1, 0.15) is 23.1 Å². The molecule has 25 heavy (non-hydrogen) atoms. The number of methoxy groups -OCH3 is 1. The molecule has 0 spiro atoms. The van der Waals surface area contributed by atoms with Crippen molar-refractivity contribution < 1.29 is 18.3 Å². The van der Waals surface area contributed by atoms with E-state index in [9.17, 15) is 13.5 Å². The molecule has 0 radical (unpaired) electrons. The Balaban J connectivity index is 1.69. The van der Waals surface area contributed by atoms with Gasteiger partial charge in [-0.2, -0.15) is 5.10 Å². The van der Waals surface area contributed by atoms with E-state index in [1.54, 1.807) is 13.2 Å². The Morgan fingerprint density at radius 1 is 1.32 bits per heavy atom. The van der Waals surface area contributed by atoms with Gasteiger partial charge >= 0.3 is 0 Å². The number of ether oxygens (including phenoxy) is 1. The van der Waals surface area contributed by atoms with Gasteiger partial charge < -0.3 is 9.84 Å². The molecule has 1 aliphatic heterocycles. The molecule has 0 saturated carbocycles. The first-order chi connectivity index (χ1) is 11.8. The molecule has 0 aliphatic carbocycles. The molecule has 2 aromatic rings. The molecule has 3 rings (SSSR count). The van der Waals surface area contributed by atoms with E-state index in [2.05, 4.69) is 16.1 Å². The van der Waals surface area contributed by atoms with Crippen molar-refractivity contribution in [2.24, 2.45) is 0 Å². The summed E-state index contributed by atoms with van der Waals surface area (Å²) in [6.07, 6.45) is 0.0298. The Kier molecular flexibility index (Phi) is 5.12. The lowest BCUT2D eigenvalue weighted by molar-refractivity contribution is 0.191. The van der Waals surface area contributed by atoms with Crippen molar-refractivity contribution in [3.8, 4) is 5.75 Å². The van der Waals surface area contributed by atoms with E-state index in [1.165, 1.54) is 5.56 Å². The topological polar surface area (TPSA) is 84.7 Å². The van der Waals surface area contributed by atoms with Gasteiger partial charge in [-0.3, -0.25) is 9.58 Å². The molecule has 0 bridgehead atoms. The summed E-state index contributed by atoms with van der Waals surface area (Å²) in [5, 5.41) is 14.4. The first-order valence-corrected chi connectivity index (χ1v) is 10.2. The van der Waals surface area contributed by atoms with Crippen LogP contribution in [0.15, 0.2) is 30.3 Å². The Labute approximate surface area is 147 Å². The number of rotatable bonds is 6. The predicted molar refractivity (Wildman–Crippen MR) is 94.0 cm³/mol. The highest BCUT2D eigenvalue weighted by molar-refractivity contribution is 7.90. The van der Waals surface area contributed by atoms with E-state index < -0.39 is 15.9 Å². The minimum absolute atomic E-state index is 0.309. The van der Waals surface area contributed by atoms with Crippen molar-refractivity contribution in [2.45, 2.75) is 25.7 Å². The fraction of sp³-hybridized carbons (Fsp3) is 0.471. The van der Waals surface area contributed by atoms with E-state index in [0.717, 1.165) is 30.8 Å². The highest BCUT2D eigenvalue weighted by Gasteiger charge is 2.23. The lowest BCUT2D eigenvalue weighted by Gasteiger charge is -2.27. The molecule has 8 heteroatoms. The number of hydrogen-bond donors (Lipinski definition) is 1. The molecule has 1 atom stereocenters. The zero-order valence-corrected chi connectivity index (χ0v) is 15.2. The fourth-order valence-corrected chi connectivity index (χ4v) is 3.79. The quantitative estimate of drug-likeness (QED) is 0.822. The van der Waals surface area contributed by atoms with Gasteiger partial charge in [0.1, 0.15) is 21.7 Å². The second-order valence-electron chi connectivity index (χ2n) is 6.45. The Morgan fingerprint density at radius 3 is 2.84 bits per heavy atom. The number of benzene rings is 1. The summed E-state index contributed by atoms with van der Waals surface area (Å²) in [4.78, 5) is 2.29. The van der Waals surface area contributed by atoms with E-state index >= 15 is 0 Å². The summed E-state index contributed by atoms with van der Waals surface area (Å²) in [7, 11) is -1.60. The van der Waals surface area contributed by atoms with Crippen LogP contribution in [0.4, 0.5) is 0 Å². The van der Waals surface area contributed by atoms with Crippen LogP contribution in [0.5, 0.6) is 5.75 Å². The van der Waals surface area contributed by atoms with Crippen molar-refractivity contribution in [2.75, 3.05) is 25.7 Å². The Hall–Kier alpha value is -1.90. The summed E-state index contributed by atoms with van der Waals surface area (Å²) in [6.45, 7) is 3.05. The van der Waals surface area contributed by atoms with Gasteiger partial charge in [-0.1, -0.05) is 12.1 Å². The van der Waals surface area contributed by atoms with Gasteiger partial charge in [0, 0.05) is 25.9 Å². The van der Waals surface area contributed by atoms with Crippen molar-refractivity contribution in [3.63, 3.8) is 0 Å². The van der Waals surface area contributed by atoms with Crippen molar-refractivity contribution in [1.29, 1.82) is 0 Å². The minimum Gasteiger partial charge on any atom is -0.497 e. The summed E-state index contributed by atoms with van der Waals surface area (Å²) in [5.41, 5.74) is 2.57. The predicted octanol–water partition coefficient (Wildman–Crippen LogP) is 0.985. The summed E-state index contributed by atoms with van der Waals surface area (Å²) in [6, 6.07) is 9.78. The second kappa shape index (κ2) is 7.15. The monoisotopic (exact) mass is 365 g/mol. The molecule has 0 amide bonds. The van der Waals surface area contributed by atoms with E-state index in [0.29, 0.717) is 18.8 Å². The van der Waals surface area contributed by atoms with Crippen molar-refractivity contribution in [1.82, 2.24) is 14.7 Å². The summed E-state index contributed by atoms with van der Waals surface area (Å²) < 4.78 is 29.8. The van der Waals surface area contributed by atoms with Crippen LogP contribution >= 0.6 is 0 Å². The van der Waals surface area contributed by atoms with Crippen LogP contribution in [-0.4, -0.2) is 53.9 Å². The van der Waals surface area contributed by atoms with Crippen LogP contribution in [-0.2, 0) is 29.5 Å². The average Bonchev–Trinajstić information content (AvgIpc) is 2.97. The third-order valence-electron chi connectivity index (χ3n) is 4.24. The maximum Gasteiger partial charge on any atom is 0.150 e. The fourth-order valence-electron chi connectivity index (χ4n) is 3.04. The largest absolute Gasteiger partial charge is 0.497 e. The third kappa shape index (κ3) is 4.59. The third-order valence-corrected chi connectivity index (χ3v) is 5.16. The molecule has 0 fully saturated rings. The highest BCUT2D eigenvalue weighted by atomic mass is 32.2. The maximum atomic E-state index is 11.4. The summed E-state index contributed by atoms with van der Waals surface area (Å²) in [5.74, 6) is 0.530. The molecular formula is C17H23N3O4S. The van der Waals surface area contributed by atoms with Gasteiger partial charge in [0.25, 0.3) is 0 Å². The van der Waals surface area contributed by atoms with Gasteiger partial charge in [0.15, 0.2) is 0 Å². The van der Waals surface area contributed by atoms with Crippen LogP contribution in [0, 0.1) is 0 Å². The first-order valence-electron chi connectivity index (χ1n) is 8.12. The molecule has 7 nitrogen and oxygen atoms in total. The number of aromatic nitrogens is 2. The van der Waals surface area contributed by atoms with Gasteiger partial charge in [-0.15, -0.1) is 0 Å². The highest BCUT2D eigenvalue weighted by Crippen LogP contribution is 2.21. The van der Waals surface area contributed by atoms with Gasteiger partial charge in [0.2, 0.25) is 0 Å². The van der Waals surface area contributed by atoms with Crippen LogP contribution in [0.3, 0.4) is 0 Å². The van der Waals surface area contributed by atoms with E-state index in [4.69, 9.17) is 4.74 Å². The molecule has 136 valence electrons. The van der Waals surface area contributed by atoms with Crippen molar-refractivity contribution >= 4 is 9.84 Å². The number of fused-ring (bicyclic) bond motifs is 1. The smallest absolute Gasteiger partial charge is 0.150 e. The van der Waals surface area contributed by atoms with Gasteiger partial charge in [-0.25, -0.2) is 8.42 Å². The Morgan fingerprint density at radius 2 is 2.12 bits per heavy atom. The van der Waals surface area contributed by atoms with Crippen LogP contribution < -0.4 is 4.74 Å². The Bertz CT molecular complexity index is 847. The molecule has 2 heterocycles. The number of aliphatic hydroxyl groups is 1. The molecule has 0 unspecified atom stereocenters. The first kappa shape index (κ1) is 17.9. The van der Waals surface area contributed by atoms with Gasteiger partial charge in [-0.05, 0) is 23.8 Å². The number of hydrogen-bond acceptors (Lipinski definition) is 6. The number of nitrogens with zero attached hydrogens (tertiary/aromatic N) is 3. The lowest BCUT2D eigenvalue weighted by atomic mass is 10.1. The van der Waals surface area contributed by atoms with Gasteiger partial charge in [0.05, 0.1) is 30.8 Å². The zero-order valence-electron chi connectivity index (χ0n) is 14.4. The molecule has 1 aliphatic rings. The van der Waals surface area contributed by atoms with E-state index in [-0.39, 0.29) is 5.75 Å². The standard InChI is InChI=1S/C17H23N3O4S/c1-24-15-5-3-4-13(8-15)10-19-6-7-20-14(11-19)9-16(18-20)17(21)12-25(2,22)23/h3-5,8-9,17,21H,6-7,10-12H2,1-2H3/t17-/m0/s1. The van der Waals surface area contributed by atoms with Crippen LogP contribution in [0.2, 0.25) is 0 Å². The van der Waals surface area contributed by atoms with Crippen molar-refractivity contribution in [3.05, 3.63) is 47.3 Å². The van der Waals surface area contributed by atoms with E-state index in [1.807, 2.05) is 22.9 Å². The molecule has 0 saturated heterocycles. The number of aliphatic hydroxyl groups excluding tert-OH is 1. The normalized spacial score (nSPS) is 16.4. The SMILES string of the molecule is COc1cccc(CN2CCn3nc([C@@H](O)CS(C)(=O)=O)cc3C2)c1. The maximum absolute atomic E-state index is 11.4.